The maximum Gasteiger partial charge on any atom is 0.231 e. The number of nitrogens with one attached hydrogen (secondary N) is 3. The molecule has 16 heavy (non-hydrogen) atoms. The standard InChI is InChI=1S/C10H15N3O3/c1-4-11-10(16)7-8(12-5(2)14)9(7)13-6(3)15/h4,7-9H,1H2,2-3H3,(H,11,16)(H,12,14)(H,13,15)/t7?,8-,9+. The Morgan fingerprint density at radius 3 is 1.81 bits per heavy atom. The van der Waals surface area contributed by atoms with Crippen molar-refractivity contribution in [3.05, 3.63) is 12.8 Å². The molecule has 1 aliphatic rings. The first kappa shape index (κ1) is 12.2. The van der Waals surface area contributed by atoms with Gasteiger partial charge in [0.2, 0.25) is 17.7 Å². The molecule has 0 radical (unpaired) electrons. The van der Waals surface area contributed by atoms with Gasteiger partial charge in [-0.05, 0) is 6.20 Å². The Morgan fingerprint density at radius 1 is 1.06 bits per heavy atom. The molecule has 1 aliphatic carbocycles. The zero-order chi connectivity index (χ0) is 12.3. The fraction of sp³-hybridized carbons (Fsp3) is 0.500. The molecule has 6 nitrogen and oxygen atoms in total. The summed E-state index contributed by atoms with van der Waals surface area (Å²) in [7, 11) is 0. The molecule has 3 N–H and O–H groups in total. The van der Waals surface area contributed by atoms with Gasteiger partial charge in [-0.1, -0.05) is 6.58 Å². The van der Waals surface area contributed by atoms with E-state index < -0.39 is 5.92 Å². The molecule has 88 valence electrons. The minimum absolute atomic E-state index is 0.228. The van der Waals surface area contributed by atoms with Crippen LogP contribution in [0.15, 0.2) is 12.8 Å². The van der Waals surface area contributed by atoms with Crippen LogP contribution in [0.3, 0.4) is 0 Å². The molecule has 1 rings (SSSR count). The van der Waals surface area contributed by atoms with Gasteiger partial charge in [-0.2, -0.15) is 0 Å². The highest BCUT2D eigenvalue weighted by Gasteiger charge is 2.55. The number of amides is 3. The average Bonchev–Trinajstić information content (AvgIpc) is 2.76. The average molecular weight is 225 g/mol. The molecule has 0 saturated heterocycles. The fourth-order valence-electron chi connectivity index (χ4n) is 1.66. The zero-order valence-electron chi connectivity index (χ0n) is 9.24. The van der Waals surface area contributed by atoms with Crippen molar-refractivity contribution in [3.63, 3.8) is 0 Å². The van der Waals surface area contributed by atoms with E-state index in [9.17, 15) is 14.4 Å². The summed E-state index contributed by atoms with van der Waals surface area (Å²) in [6.07, 6.45) is 1.27. The quantitative estimate of drug-likeness (QED) is 0.566. The molecule has 0 spiro atoms. The van der Waals surface area contributed by atoms with E-state index in [2.05, 4.69) is 22.5 Å². The van der Waals surface area contributed by atoms with Gasteiger partial charge in [0.05, 0.1) is 18.0 Å². The monoisotopic (exact) mass is 225 g/mol. The Balaban J connectivity index is 2.60. The van der Waals surface area contributed by atoms with Crippen molar-refractivity contribution in [2.24, 2.45) is 5.92 Å². The molecule has 1 unspecified atom stereocenters. The maximum absolute atomic E-state index is 11.5. The molecular formula is C10H15N3O3. The lowest BCUT2D eigenvalue weighted by atomic mass is 10.3. The van der Waals surface area contributed by atoms with Gasteiger partial charge in [0.1, 0.15) is 0 Å². The van der Waals surface area contributed by atoms with E-state index in [1.54, 1.807) is 0 Å². The van der Waals surface area contributed by atoms with Crippen molar-refractivity contribution < 1.29 is 14.4 Å². The van der Waals surface area contributed by atoms with E-state index in [4.69, 9.17) is 0 Å². The van der Waals surface area contributed by atoms with Crippen LogP contribution < -0.4 is 16.0 Å². The zero-order valence-corrected chi connectivity index (χ0v) is 9.24. The summed E-state index contributed by atoms with van der Waals surface area (Å²) in [5.41, 5.74) is 0. The summed E-state index contributed by atoms with van der Waals surface area (Å²) >= 11 is 0. The Morgan fingerprint density at radius 2 is 1.50 bits per heavy atom. The van der Waals surface area contributed by atoms with E-state index >= 15 is 0 Å². The van der Waals surface area contributed by atoms with Crippen LogP contribution in [-0.2, 0) is 14.4 Å². The Hall–Kier alpha value is -1.85. The highest BCUT2D eigenvalue weighted by atomic mass is 16.2. The van der Waals surface area contributed by atoms with E-state index in [0.717, 1.165) is 0 Å². The summed E-state index contributed by atoms with van der Waals surface area (Å²) < 4.78 is 0. The second-order valence-corrected chi connectivity index (χ2v) is 3.69. The largest absolute Gasteiger partial charge is 0.351 e. The smallest absolute Gasteiger partial charge is 0.231 e. The normalized spacial score (nSPS) is 26.5. The number of hydrogen-bond acceptors (Lipinski definition) is 3. The molecular weight excluding hydrogens is 210 g/mol. The number of hydrogen-bond donors (Lipinski definition) is 3. The van der Waals surface area contributed by atoms with Crippen LogP contribution in [0.5, 0.6) is 0 Å². The van der Waals surface area contributed by atoms with Crippen LogP contribution in [0.2, 0.25) is 0 Å². The van der Waals surface area contributed by atoms with Gasteiger partial charge in [-0.3, -0.25) is 14.4 Å². The highest BCUT2D eigenvalue weighted by molar-refractivity contribution is 5.88. The molecule has 6 heteroatoms. The third kappa shape index (κ3) is 2.82. The number of carbonyl (C=O) groups excluding carboxylic acids is 3. The van der Waals surface area contributed by atoms with Crippen molar-refractivity contribution in [2.45, 2.75) is 25.9 Å². The van der Waals surface area contributed by atoms with Crippen LogP contribution in [0.1, 0.15) is 13.8 Å². The fourth-order valence-corrected chi connectivity index (χ4v) is 1.66. The molecule has 3 amide bonds. The molecule has 0 aromatic carbocycles. The molecule has 3 atom stereocenters. The van der Waals surface area contributed by atoms with Gasteiger partial charge in [0.25, 0.3) is 0 Å². The van der Waals surface area contributed by atoms with Crippen molar-refractivity contribution in [1.29, 1.82) is 0 Å². The highest BCUT2D eigenvalue weighted by Crippen LogP contribution is 2.31. The summed E-state index contributed by atoms with van der Waals surface area (Å²) in [6.45, 7) is 6.11. The van der Waals surface area contributed by atoms with Crippen molar-refractivity contribution in [3.8, 4) is 0 Å². The van der Waals surface area contributed by atoms with Gasteiger partial charge in [-0.25, -0.2) is 0 Å². The Labute approximate surface area is 93.5 Å². The first-order valence-electron chi connectivity index (χ1n) is 4.93. The second kappa shape index (κ2) is 4.78. The molecule has 0 aliphatic heterocycles. The van der Waals surface area contributed by atoms with E-state index in [1.165, 1.54) is 20.0 Å². The molecule has 0 heterocycles. The van der Waals surface area contributed by atoms with Gasteiger partial charge in [0, 0.05) is 13.8 Å². The lowest BCUT2D eigenvalue weighted by Crippen LogP contribution is -2.32. The third-order valence-corrected chi connectivity index (χ3v) is 2.31. The summed E-state index contributed by atoms with van der Waals surface area (Å²) in [6, 6.07) is -0.664. The van der Waals surface area contributed by atoms with Crippen LogP contribution in [0.4, 0.5) is 0 Å². The SMILES string of the molecule is C=CNC(=O)C1[C@@H](NC(C)=O)[C@H]1NC(C)=O. The first-order chi connectivity index (χ1) is 7.47. The van der Waals surface area contributed by atoms with E-state index in [0.29, 0.717) is 0 Å². The summed E-state index contributed by atoms with van der Waals surface area (Å²) in [5.74, 6) is -1.14. The molecule has 1 fully saturated rings. The Kier molecular flexibility index (Phi) is 3.65. The van der Waals surface area contributed by atoms with E-state index in [1.807, 2.05) is 0 Å². The molecule has 0 bridgehead atoms. The van der Waals surface area contributed by atoms with Crippen molar-refractivity contribution in [1.82, 2.24) is 16.0 Å². The minimum atomic E-state index is -0.425. The minimum Gasteiger partial charge on any atom is -0.351 e. The topological polar surface area (TPSA) is 87.3 Å². The van der Waals surface area contributed by atoms with Crippen LogP contribution in [-0.4, -0.2) is 29.8 Å². The number of rotatable bonds is 4. The summed E-state index contributed by atoms with van der Waals surface area (Å²) in [5, 5.41) is 7.66. The molecule has 0 aromatic heterocycles. The first-order valence-corrected chi connectivity index (χ1v) is 4.93. The second-order valence-electron chi connectivity index (χ2n) is 3.69. The lowest BCUT2D eigenvalue weighted by molar-refractivity contribution is -0.121. The Bertz CT molecular complexity index is 318. The van der Waals surface area contributed by atoms with Crippen LogP contribution in [0, 0.1) is 5.92 Å². The van der Waals surface area contributed by atoms with Gasteiger partial charge < -0.3 is 16.0 Å². The van der Waals surface area contributed by atoms with Gasteiger partial charge in [-0.15, -0.1) is 0 Å². The summed E-state index contributed by atoms with van der Waals surface area (Å²) in [4.78, 5) is 33.3. The lowest BCUT2D eigenvalue weighted by Gasteiger charge is -2.00. The van der Waals surface area contributed by atoms with Gasteiger partial charge >= 0.3 is 0 Å². The van der Waals surface area contributed by atoms with Crippen molar-refractivity contribution in [2.75, 3.05) is 0 Å². The number of carbonyl (C=O) groups is 3. The molecule has 0 aromatic rings. The van der Waals surface area contributed by atoms with Crippen LogP contribution >= 0.6 is 0 Å². The van der Waals surface area contributed by atoms with E-state index in [-0.39, 0.29) is 29.8 Å². The third-order valence-electron chi connectivity index (χ3n) is 2.31. The molecule has 1 saturated carbocycles. The van der Waals surface area contributed by atoms with Gasteiger partial charge in [0.15, 0.2) is 0 Å². The van der Waals surface area contributed by atoms with Crippen LogP contribution in [0.25, 0.3) is 0 Å². The maximum atomic E-state index is 11.5. The predicted molar refractivity (Wildman–Crippen MR) is 57.0 cm³/mol. The van der Waals surface area contributed by atoms with Crippen molar-refractivity contribution >= 4 is 17.7 Å². The predicted octanol–water partition coefficient (Wildman–Crippen LogP) is -1.11.